The summed E-state index contributed by atoms with van der Waals surface area (Å²) in [5.74, 6) is -3.06. The van der Waals surface area contributed by atoms with Gasteiger partial charge in [-0.15, -0.1) is 0 Å². The van der Waals surface area contributed by atoms with Crippen molar-refractivity contribution in [2.45, 2.75) is 56.9 Å². The van der Waals surface area contributed by atoms with Crippen molar-refractivity contribution in [3.8, 4) is 5.69 Å². The second kappa shape index (κ2) is 9.17. The first kappa shape index (κ1) is 23.4. The zero-order valence-electron chi connectivity index (χ0n) is 20.1. The van der Waals surface area contributed by atoms with Gasteiger partial charge in [0.2, 0.25) is 5.92 Å². The van der Waals surface area contributed by atoms with Crippen molar-refractivity contribution in [2.24, 2.45) is 5.92 Å². The van der Waals surface area contributed by atoms with Gasteiger partial charge in [0.15, 0.2) is 11.6 Å². The number of aromatic nitrogens is 5. The fourth-order valence-corrected chi connectivity index (χ4v) is 4.95. The molecule has 0 radical (unpaired) electrons. The number of carbonyl (C=O) groups excluding carboxylic acids is 2. The van der Waals surface area contributed by atoms with Gasteiger partial charge in [-0.05, 0) is 50.3 Å². The Morgan fingerprint density at radius 3 is 2.68 bits per heavy atom. The van der Waals surface area contributed by atoms with Crippen LogP contribution >= 0.6 is 0 Å². The number of halogens is 2. The maximum Gasteiger partial charge on any atom is 0.258 e. The van der Waals surface area contributed by atoms with E-state index in [2.05, 4.69) is 20.4 Å². The summed E-state index contributed by atoms with van der Waals surface area (Å²) in [5, 5.41) is 7.96. The molecule has 10 heteroatoms. The number of fused-ring (bicyclic) bond motifs is 1. The monoisotopic (exact) mass is 504 g/mol. The zero-order chi connectivity index (χ0) is 25.6. The Morgan fingerprint density at radius 1 is 0.973 bits per heavy atom. The quantitative estimate of drug-likeness (QED) is 0.272. The number of rotatable bonds is 6. The van der Waals surface area contributed by atoms with Crippen LogP contribution in [0.1, 0.15) is 71.7 Å². The predicted octanol–water partition coefficient (Wildman–Crippen LogP) is 5.60. The number of anilines is 1. The Hall–Kier alpha value is -3.95. The van der Waals surface area contributed by atoms with E-state index in [1.807, 2.05) is 16.9 Å². The van der Waals surface area contributed by atoms with Crippen molar-refractivity contribution in [1.82, 2.24) is 24.3 Å². The van der Waals surface area contributed by atoms with Crippen LogP contribution < -0.4 is 5.32 Å². The molecule has 1 N–H and O–H groups in total. The molecule has 2 fully saturated rings. The highest BCUT2D eigenvalue weighted by Crippen LogP contribution is 2.36. The van der Waals surface area contributed by atoms with Gasteiger partial charge in [-0.25, -0.2) is 13.8 Å². The second-order valence-corrected chi connectivity index (χ2v) is 9.97. The maximum atomic E-state index is 13.7. The molecule has 0 aliphatic heterocycles. The molecule has 4 heterocycles. The summed E-state index contributed by atoms with van der Waals surface area (Å²) in [6, 6.07) is 7.50. The van der Waals surface area contributed by atoms with E-state index < -0.39 is 11.8 Å². The molecule has 1 atom stereocenters. The van der Waals surface area contributed by atoms with Crippen LogP contribution in [0.2, 0.25) is 0 Å². The Labute approximate surface area is 211 Å². The molecule has 0 saturated heterocycles. The molecule has 2 aliphatic carbocycles. The number of pyridine rings is 2. The number of ketones is 1. The van der Waals surface area contributed by atoms with Crippen molar-refractivity contribution < 1.29 is 18.4 Å². The number of nitrogens with zero attached hydrogens (tertiary/aromatic N) is 5. The fraction of sp³-hybridized carbons (Fsp3) is 0.370. The first-order valence-corrected chi connectivity index (χ1v) is 12.6. The van der Waals surface area contributed by atoms with Crippen molar-refractivity contribution in [2.75, 3.05) is 5.32 Å². The molecule has 2 aliphatic rings. The van der Waals surface area contributed by atoms with Gasteiger partial charge in [-0.3, -0.25) is 23.8 Å². The van der Waals surface area contributed by atoms with Crippen LogP contribution in [-0.2, 0) is 0 Å². The number of hydrogen-bond donors (Lipinski definition) is 1. The summed E-state index contributed by atoms with van der Waals surface area (Å²) in [7, 11) is 0. The molecule has 2 saturated carbocycles. The van der Waals surface area contributed by atoms with E-state index in [4.69, 9.17) is 0 Å². The van der Waals surface area contributed by atoms with Crippen LogP contribution in [0.15, 0.2) is 55.2 Å². The number of alkyl halides is 2. The lowest BCUT2D eigenvalue weighted by atomic mass is 9.91. The fourth-order valence-electron chi connectivity index (χ4n) is 4.95. The van der Waals surface area contributed by atoms with Crippen molar-refractivity contribution in [3.63, 3.8) is 0 Å². The van der Waals surface area contributed by atoms with Crippen LogP contribution in [0.3, 0.4) is 0 Å². The number of carbonyl (C=O) groups is 2. The standard InChI is InChI=1S/C27H26F2N6O2/c28-27(29)8-1-2-17(5-9-27)24(36)19-12-18-6-10-34(25(18)31-15-19)22-13-20(14-30-16-22)26(37)32-23-7-11-35(33-23)21-3-4-21/h6-7,10-17,21H,1-5,8-9H2,(H,32,33,37). The number of Topliss-reactive ketones (excluding diaryl/α,β-unsaturated/α-hetero) is 1. The van der Waals surface area contributed by atoms with Gasteiger partial charge in [-0.2, -0.15) is 5.10 Å². The summed E-state index contributed by atoms with van der Waals surface area (Å²) in [4.78, 5) is 34.6. The zero-order valence-corrected chi connectivity index (χ0v) is 20.1. The van der Waals surface area contributed by atoms with Crippen LogP contribution in [0, 0.1) is 5.92 Å². The number of nitrogens with one attached hydrogen (secondary N) is 1. The Bertz CT molecular complexity index is 1490. The SMILES string of the molecule is O=C(Nc1ccn(C2CC2)n1)c1cncc(-n2ccc3cc(C(=O)C4CCCC(F)(F)CC4)cnc32)c1. The van der Waals surface area contributed by atoms with Crippen molar-refractivity contribution in [3.05, 3.63) is 66.4 Å². The van der Waals surface area contributed by atoms with Crippen LogP contribution in [0.5, 0.6) is 0 Å². The van der Waals surface area contributed by atoms with Crippen LogP contribution in [0.25, 0.3) is 16.7 Å². The highest BCUT2D eigenvalue weighted by molar-refractivity contribution is 6.04. The lowest BCUT2D eigenvalue weighted by Gasteiger charge is -2.14. The molecule has 0 spiro atoms. The minimum absolute atomic E-state index is 0.135. The first-order chi connectivity index (χ1) is 17.9. The molecule has 1 amide bonds. The highest BCUT2D eigenvalue weighted by Gasteiger charge is 2.35. The van der Waals surface area contributed by atoms with Gasteiger partial charge < -0.3 is 5.32 Å². The third kappa shape index (κ3) is 4.87. The smallest absolute Gasteiger partial charge is 0.258 e. The molecule has 0 bridgehead atoms. The molecule has 190 valence electrons. The molecule has 37 heavy (non-hydrogen) atoms. The normalized spacial score (nSPS) is 19.5. The number of amides is 1. The van der Waals surface area contributed by atoms with Crippen LogP contribution in [0.4, 0.5) is 14.6 Å². The highest BCUT2D eigenvalue weighted by atomic mass is 19.3. The lowest BCUT2D eigenvalue weighted by molar-refractivity contribution is -0.0145. The first-order valence-electron chi connectivity index (χ1n) is 12.6. The van der Waals surface area contributed by atoms with Gasteiger partial charge >= 0.3 is 0 Å². The topological polar surface area (TPSA) is 94.7 Å². The molecular formula is C27H26F2N6O2. The molecule has 0 aromatic carbocycles. The van der Waals surface area contributed by atoms with E-state index in [1.54, 1.807) is 35.2 Å². The van der Waals surface area contributed by atoms with E-state index in [9.17, 15) is 18.4 Å². The third-order valence-electron chi connectivity index (χ3n) is 7.17. The minimum atomic E-state index is -2.69. The lowest BCUT2D eigenvalue weighted by Crippen LogP contribution is -2.17. The van der Waals surface area contributed by atoms with Crippen molar-refractivity contribution in [1.29, 1.82) is 0 Å². The van der Waals surface area contributed by atoms with Crippen molar-refractivity contribution >= 4 is 28.5 Å². The van der Waals surface area contributed by atoms with Gasteiger partial charge in [0.25, 0.3) is 5.91 Å². The van der Waals surface area contributed by atoms with Crippen LogP contribution in [-0.4, -0.2) is 41.9 Å². The summed E-state index contributed by atoms with van der Waals surface area (Å²) >= 11 is 0. The minimum Gasteiger partial charge on any atom is -0.305 e. The summed E-state index contributed by atoms with van der Waals surface area (Å²) in [6.07, 6.45) is 11.1. The molecule has 1 unspecified atom stereocenters. The van der Waals surface area contributed by atoms with E-state index in [-0.39, 0.29) is 31.0 Å². The van der Waals surface area contributed by atoms with E-state index >= 15 is 0 Å². The average Bonchev–Trinajstić information content (AvgIpc) is 3.54. The van der Waals surface area contributed by atoms with Gasteiger partial charge in [0.05, 0.1) is 23.5 Å². The largest absolute Gasteiger partial charge is 0.305 e. The third-order valence-corrected chi connectivity index (χ3v) is 7.17. The molecule has 4 aromatic heterocycles. The predicted molar refractivity (Wildman–Crippen MR) is 133 cm³/mol. The van der Waals surface area contributed by atoms with E-state index in [0.29, 0.717) is 47.2 Å². The molecule has 6 rings (SSSR count). The maximum absolute atomic E-state index is 13.7. The average molecular weight is 505 g/mol. The Balaban J connectivity index is 1.20. The second-order valence-electron chi connectivity index (χ2n) is 9.97. The number of hydrogen-bond acceptors (Lipinski definition) is 5. The summed E-state index contributed by atoms with van der Waals surface area (Å²) < 4.78 is 31.1. The molecular weight excluding hydrogens is 478 g/mol. The summed E-state index contributed by atoms with van der Waals surface area (Å²) in [6.45, 7) is 0. The Morgan fingerprint density at radius 2 is 1.84 bits per heavy atom. The van der Waals surface area contributed by atoms with Gasteiger partial charge in [0, 0.05) is 60.6 Å². The molecule has 4 aromatic rings. The van der Waals surface area contributed by atoms with Gasteiger partial charge in [0.1, 0.15) is 5.65 Å². The van der Waals surface area contributed by atoms with E-state index in [0.717, 1.165) is 18.2 Å². The van der Waals surface area contributed by atoms with Gasteiger partial charge in [-0.1, -0.05) is 0 Å². The van der Waals surface area contributed by atoms with E-state index in [1.165, 1.54) is 12.4 Å². The molecule has 8 nitrogen and oxygen atoms in total. The Kier molecular flexibility index (Phi) is 5.81. The summed E-state index contributed by atoms with van der Waals surface area (Å²) in [5.41, 5.74) is 2.05.